The Labute approximate surface area is 181 Å². The first-order valence-corrected chi connectivity index (χ1v) is 9.95. The SMILES string of the molecule is COc1ccc(-c2cc3c(NC(C)C(C)(C)CNC(C)=O)c(C(N)=O)cnn3c2)cn1. The largest absolute Gasteiger partial charge is 0.481 e. The maximum atomic E-state index is 12.1. The zero-order valence-electron chi connectivity index (χ0n) is 18.4. The van der Waals surface area contributed by atoms with Gasteiger partial charge in [-0.2, -0.15) is 5.10 Å². The van der Waals surface area contributed by atoms with Crippen LogP contribution < -0.4 is 21.1 Å². The number of anilines is 1. The Bertz CT molecular complexity index is 1100. The topological polar surface area (TPSA) is 124 Å². The maximum absolute atomic E-state index is 12.1. The third-order valence-corrected chi connectivity index (χ3v) is 5.51. The minimum absolute atomic E-state index is 0.0891. The predicted molar refractivity (Wildman–Crippen MR) is 119 cm³/mol. The number of nitrogens with one attached hydrogen (secondary N) is 2. The van der Waals surface area contributed by atoms with Crippen molar-refractivity contribution in [2.45, 2.75) is 33.7 Å². The highest BCUT2D eigenvalue weighted by atomic mass is 16.5. The fourth-order valence-electron chi connectivity index (χ4n) is 3.14. The van der Waals surface area contributed by atoms with Gasteiger partial charge >= 0.3 is 0 Å². The van der Waals surface area contributed by atoms with Crippen molar-refractivity contribution in [3.8, 4) is 17.0 Å². The number of ether oxygens (including phenoxy) is 1. The van der Waals surface area contributed by atoms with Crippen LogP contribution >= 0.6 is 0 Å². The van der Waals surface area contributed by atoms with Gasteiger partial charge in [-0.1, -0.05) is 13.8 Å². The lowest BCUT2D eigenvalue weighted by atomic mass is 9.85. The Kier molecular flexibility index (Phi) is 6.14. The molecule has 9 nitrogen and oxygen atoms in total. The van der Waals surface area contributed by atoms with E-state index in [1.54, 1.807) is 23.9 Å². The standard InChI is InChI=1S/C22H28N6O3/c1-13(22(3,4)12-25-14(2)29)27-20-17(21(23)30)10-26-28-11-16(8-18(20)28)15-6-7-19(31-5)24-9-15/h6-11,13,27H,12H2,1-5H3,(H2,23,30)(H,25,29). The molecular weight excluding hydrogens is 396 g/mol. The monoisotopic (exact) mass is 424 g/mol. The number of primary amides is 1. The third-order valence-electron chi connectivity index (χ3n) is 5.51. The van der Waals surface area contributed by atoms with Crippen molar-refractivity contribution in [3.05, 3.63) is 42.4 Å². The molecule has 3 heterocycles. The average Bonchev–Trinajstić information content (AvgIpc) is 3.17. The number of carbonyl (C=O) groups excluding carboxylic acids is 2. The van der Waals surface area contributed by atoms with E-state index in [4.69, 9.17) is 10.5 Å². The summed E-state index contributed by atoms with van der Waals surface area (Å²) in [6, 6.07) is 5.52. The van der Waals surface area contributed by atoms with Gasteiger partial charge in [-0.3, -0.25) is 9.59 Å². The van der Waals surface area contributed by atoms with E-state index >= 15 is 0 Å². The molecule has 0 saturated carbocycles. The molecular formula is C22H28N6O3. The highest BCUT2D eigenvalue weighted by Crippen LogP contribution is 2.31. The van der Waals surface area contributed by atoms with Crippen molar-refractivity contribution in [2.75, 3.05) is 19.0 Å². The first-order chi connectivity index (χ1) is 14.6. The van der Waals surface area contributed by atoms with Crippen LogP contribution in [-0.2, 0) is 4.79 Å². The van der Waals surface area contributed by atoms with Gasteiger partial charge in [-0.15, -0.1) is 0 Å². The van der Waals surface area contributed by atoms with E-state index in [1.165, 1.54) is 13.1 Å². The highest BCUT2D eigenvalue weighted by Gasteiger charge is 2.28. The molecule has 0 fully saturated rings. The van der Waals surface area contributed by atoms with Crippen LogP contribution in [0.5, 0.6) is 5.88 Å². The highest BCUT2D eigenvalue weighted by molar-refractivity contribution is 6.02. The molecule has 3 rings (SSSR count). The molecule has 4 N–H and O–H groups in total. The molecule has 2 amide bonds. The molecule has 1 atom stereocenters. The molecule has 0 aliphatic heterocycles. The minimum Gasteiger partial charge on any atom is -0.481 e. The van der Waals surface area contributed by atoms with Crippen molar-refractivity contribution in [1.82, 2.24) is 19.9 Å². The normalized spacial score (nSPS) is 12.4. The predicted octanol–water partition coefficient (Wildman–Crippen LogP) is 2.47. The van der Waals surface area contributed by atoms with Crippen molar-refractivity contribution >= 4 is 23.0 Å². The van der Waals surface area contributed by atoms with Gasteiger partial charge in [-0.25, -0.2) is 9.50 Å². The maximum Gasteiger partial charge on any atom is 0.252 e. The Morgan fingerprint density at radius 2 is 2.00 bits per heavy atom. The first kappa shape index (κ1) is 22.1. The number of carbonyl (C=O) groups is 2. The molecule has 0 spiro atoms. The number of fused-ring (bicyclic) bond motifs is 1. The van der Waals surface area contributed by atoms with Gasteiger partial charge in [0.1, 0.15) is 0 Å². The lowest BCUT2D eigenvalue weighted by Gasteiger charge is -2.33. The van der Waals surface area contributed by atoms with Gasteiger partial charge in [0.05, 0.1) is 30.1 Å². The first-order valence-electron chi connectivity index (χ1n) is 9.95. The fourth-order valence-corrected chi connectivity index (χ4v) is 3.14. The van der Waals surface area contributed by atoms with Gasteiger partial charge in [0.25, 0.3) is 5.91 Å². The van der Waals surface area contributed by atoms with Crippen LogP contribution in [0.1, 0.15) is 38.1 Å². The molecule has 3 aromatic rings. The van der Waals surface area contributed by atoms with Crippen LogP contribution in [0.4, 0.5) is 5.69 Å². The Morgan fingerprint density at radius 1 is 1.26 bits per heavy atom. The van der Waals surface area contributed by atoms with Gasteiger partial charge in [0, 0.05) is 54.5 Å². The molecule has 164 valence electrons. The molecule has 0 saturated heterocycles. The van der Waals surface area contributed by atoms with Crippen LogP contribution in [0.3, 0.4) is 0 Å². The van der Waals surface area contributed by atoms with E-state index in [2.05, 4.69) is 20.7 Å². The second-order valence-electron chi connectivity index (χ2n) is 8.21. The van der Waals surface area contributed by atoms with E-state index < -0.39 is 5.91 Å². The number of hydrogen-bond acceptors (Lipinski definition) is 6. The number of nitrogens with two attached hydrogens (primary N) is 1. The van der Waals surface area contributed by atoms with E-state index in [0.29, 0.717) is 29.2 Å². The van der Waals surface area contributed by atoms with E-state index in [0.717, 1.165) is 11.1 Å². The lowest BCUT2D eigenvalue weighted by Crippen LogP contribution is -2.43. The van der Waals surface area contributed by atoms with Crippen molar-refractivity contribution < 1.29 is 14.3 Å². The van der Waals surface area contributed by atoms with E-state index in [9.17, 15) is 9.59 Å². The second-order valence-corrected chi connectivity index (χ2v) is 8.21. The summed E-state index contributed by atoms with van der Waals surface area (Å²) >= 11 is 0. The van der Waals surface area contributed by atoms with Gasteiger partial charge in [0.15, 0.2) is 0 Å². The minimum atomic E-state index is -0.571. The Balaban J connectivity index is 2.01. The molecule has 31 heavy (non-hydrogen) atoms. The summed E-state index contributed by atoms with van der Waals surface area (Å²) in [6.07, 6.45) is 5.04. The quantitative estimate of drug-likeness (QED) is 0.510. The molecule has 1 unspecified atom stereocenters. The zero-order chi connectivity index (χ0) is 22.8. The summed E-state index contributed by atoms with van der Waals surface area (Å²) in [5, 5.41) is 10.6. The molecule has 9 heteroatoms. The fraction of sp³-hybridized carbons (Fsp3) is 0.364. The molecule has 0 aliphatic carbocycles. The van der Waals surface area contributed by atoms with Crippen molar-refractivity contribution in [2.24, 2.45) is 11.1 Å². The number of aromatic nitrogens is 3. The van der Waals surface area contributed by atoms with Crippen LogP contribution in [0.15, 0.2) is 36.8 Å². The molecule has 0 aliphatic rings. The van der Waals surface area contributed by atoms with Crippen LogP contribution in [-0.4, -0.2) is 46.1 Å². The van der Waals surface area contributed by atoms with Crippen molar-refractivity contribution in [1.29, 1.82) is 0 Å². The zero-order valence-corrected chi connectivity index (χ0v) is 18.4. The van der Waals surface area contributed by atoms with Gasteiger partial charge in [0.2, 0.25) is 11.8 Å². The molecule has 3 aromatic heterocycles. The number of pyridine rings is 1. The molecule has 0 bridgehead atoms. The summed E-state index contributed by atoms with van der Waals surface area (Å²) in [4.78, 5) is 27.7. The second kappa shape index (κ2) is 8.63. The van der Waals surface area contributed by atoms with Gasteiger partial charge < -0.3 is 21.1 Å². The lowest BCUT2D eigenvalue weighted by molar-refractivity contribution is -0.119. The number of hydrogen-bond donors (Lipinski definition) is 3. The molecule has 0 aromatic carbocycles. The van der Waals surface area contributed by atoms with Crippen LogP contribution in [0, 0.1) is 5.41 Å². The van der Waals surface area contributed by atoms with E-state index in [1.807, 2.05) is 39.1 Å². The average molecular weight is 425 g/mol. The van der Waals surface area contributed by atoms with Crippen LogP contribution in [0.25, 0.3) is 16.6 Å². The summed E-state index contributed by atoms with van der Waals surface area (Å²) < 4.78 is 6.82. The number of amides is 2. The number of nitrogens with zero attached hydrogens (tertiary/aromatic N) is 3. The third kappa shape index (κ3) is 4.76. The van der Waals surface area contributed by atoms with Crippen molar-refractivity contribution in [3.63, 3.8) is 0 Å². The molecule has 0 radical (unpaired) electrons. The summed E-state index contributed by atoms with van der Waals surface area (Å²) in [6.45, 7) is 8.04. The Hall–Kier alpha value is -3.62. The van der Waals surface area contributed by atoms with Gasteiger partial charge in [-0.05, 0) is 19.1 Å². The number of rotatable bonds is 8. The summed E-state index contributed by atoms with van der Waals surface area (Å²) in [7, 11) is 1.57. The number of methoxy groups -OCH3 is 1. The summed E-state index contributed by atoms with van der Waals surface area (Å²) in [5.74, 6) is -0.133. The Morgan fingerprint density at radius 3 is 2.58 bits per heavy atom. The smallest absolute Gasteiger partial charge is 0.252 e. The van der Waals surface area contributed by atoms with E-state index in [-0.39, 0.29) is 17.4 Å². The summed E-state index contributed by atoms with van der Waals surface area (Å²) in [5.41, 5.74) is 8.71. The van der Waals surface area contributed by atoms with Crippen LogP contribution in [0.2, 0.25) is 0 Å².